The second-order valence-corrected chi connectivity index (χ2v) is 7.55. The van der Waals surface area contributed by atoms with Gasteiger partial charge in [0.25, 0.3) is 11.8 Å². The van der Waals surface area contributed by atoms with Gasteiger partial charge in [0.15, 0.2) is 0 Å². The third-order valence-corrected chi connectivity index (χ3v) is 5.22. The van der Waals surface area contributed by atoms with E-state index in [0.29, 0.717) is 10.6 Å². The van der Waals surface area contributed by atoms with Crippen LogP contribution in [-0.2, 0) is 11.3 Å². The minimum atomic E-state index is -0.381. The molecule has 0 saturated carbocycles. The lowest BCUT2D eigenvalue weighted by atomic mass is 10.1. The summed E-state index contributed by atoms with van der Waals surface area (Å²) in [7, 11) is 0. The van der Waals surface area contributed by atoms with Crippen molar-refractivity contribution in [2.24, 2.45) is 0 Å². The molecule has 3 aromatic rings. The fraction of sp³-hybridized carbons (Fsp3) is 0.0909. The number of carbonyl (C=O) groups excluding carboxylic acids is 2. The summed E-state index contributed by atoms with van der Waals surface area (Å²) in [6.45, 7) is 2.21. The maximum Gasteiger partial charge on any atom is 0.268 e. The summed E-state index contributed by atoms with van der Waals surface area (Å²) in [6, 6.07) is 18.2. The Balaban J connectivity index is 1.77. The van der Waals surface area contributed by atoms with Crippen LogP contribution in [0.1, 0.15) is 26.4 Å². The molecule has 1 heterocycles. The van der Waals surface area contributed by atoms with Crippen LogP contribution < -0.4 is 10.6 Å². The summed E-state index contributed by atoms with van der Waals surface area (Å²) in [5.41, 5.74) is 2.53. The maximum absolute atomic E-state index is 12.7. The molecule has 142 valence electrons. The van der Waals surface area contributed by atoms with Crippen LogP contribution >= 0.6 is 22.9 Å². The highest BCUT2D eigenvalue weighted by Crippen LogP contribution is 2.16. The van der Waals surface area contributed by atoms with Gasteiger partial charge in [-0.2, -0.15) is 0 Å². The number of thiophene rings is 1. The standard InChI is InChI=1S/C22H19ClN2O2S/c1-15-8-10-16(11-9-15)21(26)25-20(13-18-6-4-12-28-18)22(27)24-14-17-5-2-3-7-19(17)23/h2-13H,14H2,1H3,(H,24,27)(H,25,26)/b20-13-. The number of halogens is 1. The van der Waals surface area contributed by atoms with Crippen molar-refractivity contribution in [3.8, 4) is 0 Å². The number of rotatable bonds is 6. The van der Waals surface area contributed by atoms with Crippen molar-refractivity contribution in [2.45, 2.75) is 13.5 Å². The normalized spacial score (nSPS) is 11.1. The lowest BCUT2D eigenvalue weighted by Crippen LogP contribution is -2.34. The molecule has 0 bridgehead atoms. The molecule has 2 amide bonds. The van der Waals surface area contributed by atoms with E-state index >= 15 is 0 Å². The zero-order chi connectivity index (χ0) is 19.9. The molecular formula is C22H19ClN2O2S. The molecule has 0 aliphatic carbocycles. The van der Waals surface area contributed by atoms with Crippen LogP contribution in [0.25, 0.3) is 6.08 Å². The average Bonchev–Trinajstić information content (AvgIpc) is 3.20. The van der Waals surface area contributed by atoms with E-state index in [0.717, 1.165) is 16.0 Å². The van der Waals surface area contributed by atoms with Crippen molar-refractivity contribution in [2.75, 3.05) is 0 Å². The molecule has 0 aliphatic rings. The highest BCUT2D eigenvalue weighted by molar-refractivity contribution is 7.10. The Labute approximate surface area is 172 Å². The Kier molecular flexibility index (Phi) is 6.63. The van der Waals surface area contributed by atoms with Crippen molar-refractivity contribution < 1.29 is 9.59 Å². The number of carbonyl (C=O) groups is 2. The van der Waals surface area contributed by atoms with Gasteiger partial charge in [-0.05, 0) is 48.2 Å². The van der Waals surface area contributed by atoms with Gasteiger partial charge in [0, 0.05) is 22.0 Å². The zero-order valence-corrected chi connectivity index (χ0v) is 16.8. The number of amides is 2. The first kappa shape index (κ1) is 19.9. The summed E-state index contributed by atoms with van der Waals surface area (Å²) in [5, 5.41) is 8.03. The summed E-state index contributed by atoms with van der Waals surface area (Å²) in [5.74, 6) is -0.718. The summed E-state index contributed by atoms with van der Waals surface area (Å²) < 4.78 is 0. The molecular weight excluding hydrogens is 392 g/mol. The number of benzene rings is 2. The molecule has 0 radical (unpaired) electrons. The molecule has 6 heteroatoms. The largest absolute Gasteiger partial charge is 0.347 e. The summed E-state index contributed by atoms with van der Waals surface area (Å²) >= 11 is 7.63. The van der Waals surface area contributed by atoms with Crippen molar-refractivity contribution in [3.63, 3.8) is 0 Å². The average molecular weight is 411 g/mol. The van der Waals surface area contributed by atoms with Crippen LogP contribution in [0.15, 0.2) is 71.7 Å². The van der Waals surface area contributed by atoms with Crippen LogP contribution in [0.5, 0.6) is 0 Å². The molecule has 2 aromatic carbocycles. The molecule has 0 fully saturated rings. The first-order chi connectivity index (χ1) is 13.5. The van der Waals surface area contributed by atoms with E-state index in [-0.39, 0.29) is 24.1 Å². The number of nitrogens with one attached hydrogen (secondary N) is 2. The lowest BCUT2D eigenvalue weighted by molar-refractivity contribution is -0.117. The van der Waals surface area contributed by atoms with Crippen LogP contribution in [0.2, 0.25) is 5.02 Å². The second-order valence-electron chi connectivity index (χ2n) is 6.17. The van der Waals surface area contributed by atoms with Crippen molar-refractivity contribution in [3.05, 3.63) is 98.3 Å². The van der Waals surface area contributed by atoms with Crippen LogP contribution in [0.3, 0.4) is 0 Å². The van der Waals surface area contributed by atoms with Gasteiger partial charge in [-0.1, -0.05) is 53.6 Å². The van der Waals surface area contributed by atoms with Crippen molar-refractivity contribution >= 4 is 40.8 Å². The summed E-state index contributed by atoms with van der Waals surface area (Å²) in [4.78, 5) is 26.2. The Bertz CT molecular complexity index is 996. The van der Waals surface area contributed by atoms with Gasteiger partial charge in [0.2, 0.25) is 0 Å². The van der Waals surface area contributed by atoms with Gasteiger partial charge < -0.3 is 10.6 Å². The van der Waals surface area contributed by atoms with Gasteiger partial charge in [-0.15, -0.1) is 11.3 Å². The minimum absolute atomic E-state index is 0.181. The monoisotopic (exact) mass is 410 g/mol. The van der Waals surface area contributed by atoms with Gasteiger partial charge in [0.1, 0.15) is 5.70 Å². The minimum Gasteiger partial charge on any atom is -0.347 e. The SMILES string of the molecule is Cc1ccc(C(=O)N/C(=C\c2cccs2)C(=O)NCc2ccccc2Cl)cc1. The number of aryl methyl sites for hydroxylation is 1. The van der Waals surface area contributed by atoms with E-state index in [4.69, 9.17) is 11.6 Å². The summed E-state index contributed by atoms with van der Waals surface area (Å²) in [6.07, 6.45) is 1.67. The van der Waals surface area contributed by atoms with Gasteiger partial charge in [-0.25, -0.2) is 0 Å². The Morgan fingerprint density at radius 3 is 2.46 bits per heavy atom. The van der Waals surface area contributed by atoms with Gasteiger partial charge >= 0.3 is 0 Å². The van der Waals surface area contributed by atoms with E-state index in [2.05, 4.69) is 10.6 Å². The molecule has 28 heavy (non-hydrogen) atoms. The Hall–Kier alpha value is -2.89. The van der Waals surface area contributed by atoms with Crippen LogP contribution in [0, 0.1) is 6.92 Å². The molecule has 3 rings (SSSR count). The predicted molar refractivity (Wildman–Crippen MR) is 114 cm³/mol. The number of hydrogen-bond donors (Lipinski definition) is 2. The first-order valence-electron chi connectivity index (χ1n) is 8.68. The van der Waals surface area contributed by atoms with Crippen molar-refractivity contribution in [1.82, 2.24) is 10.6 Å². The smallest absolute Gasteiger partial charge is 0.268 e. The fourth-order valence-corrected chi connectivity index (χ4v) is 3.35. The lowest BCUT2D eigenvalue weighted by Gasteiger charge is -2.12. The Morgan fingerprint density at radius 1 is 1.04 bits per heavy atom. The first-order valence-corrected chi connectivity index (χ1v) is 9.93. The molecule has 0 atom stereocenters. The van der Waals surface area contributed by atoms with Gasteiger partial charge in [-0.3, -0.25) is 9.59 Å². The Morgan fingerprint density at radius 2 is 1.79 bits per heavy atom. The molecule has 2 N–H and O–H groups in total. The number of hydrogen-bond acceptors (Lipinski definition) is 3. The topological polar surface area (TPSA) is 58.2 Å². The molecule has 0 aliphatic heterocycles. The van der Waals surface area contributed by atoms with Crippen molar-refractivity contribution in [1.29, 1.82) is 0 Å². The highest BCUT2D eigenvalue weighted by Gasteiger charge is 2.15. The second kappa shape index (κ2) is 9.35. The highest BCUT2D eigenvalue weighted by atomic mass is 35.5. The third kappa shape index (κ3) is 5.31. The fourth-order valence-electron chi connectivity index (χ4n) is 2.49. The predicted octanol–water partition coefficient (Wildman–Crippen LogP) is 4.80. The molecule has 0 spiro atoms. The van der Waals surface area contributed by atoms with E-state index in [1.165, 1.54) is 11.3 Å². The van der Waals surface area contributed by atoms with E-state index in [9.17, 15) is 9.59 Å². The molecule has 1 aromatic heterocycles. The quantitative estimate of drug-likeness (QED) is 0.573. The van der Waals surface area contributed by atoms with Gasteiger partial charge in [0.05, 0.1) is 0 Å². The maximum atomic E-state index is 12.7. The van der Waals surface area contributed by atoms with E-state index in [1.807, 2.05) is 54.8 Å². The third-order valence-electron chi connectivity index (χ3n) is 4.03. The molecule has 0 saturated heterocycles. The van der Waals surface area contributed by atoms with Crippen LogP contribution in [0.4, 0.5) is 0 Å². The van der Waals surface area contributed by atoms with E-state index < -0.39 is 0 Å². The molecule has 0 unspecified atom stereocenters. The van der Waals surface area contributed by atoms with E-state index in [1.54, 1.807) is 24.3 Å². The molecule has 4 nitrogen and oxygen atoms in total. The van der Waals surface area contributed by atoms with Crippen LogP contribution in [-0.4, -0.2) is 11.8 Å². The zero-order valence-electron chi connectivity index (χ0n) is 15.2.